The number of halogens is 1. The topological polar surface area (TPSA) is 0 Å². The van der Waals surface area contributed by atoms with Crippen LogP contribution in [0.1, 0.15) is 5.56 Å². The van der Waals surface area contributed by atoms with Gasteiger partial charge in [0, 0.05) is 22.3 Å². The van der Waals surface area contributed by atoms with Crippen LogP contribution in [0.3, 0.4) is 0 Å². The van der Waals surface area contributed by atoms with Gasteiger partial charge in [0.1, 0.15) is 0 Å². The molecule has 76 valence electrons. The van der Waals surface area contributed by atoms with Crippen LogP contribution in [0.4, 0.5) is 0 Å². The normalized spacial score (nSPS) is 17.5. The predicted molar refractivity (Wildman–Crippen MR) is 74.6 cm³/mol. The molecule has 1 aliphatic heterocycles. The minimum Gasteiger partial charge on any atom is -0.111 e. The van der Waals surface area contributed by atoms with E-state index in [1.165, 1.54) is 17.1 Å². The quantitative estimate of drug-likeness (QED) is 0.691. The van der Waals surface area contributed by atoms with Gasteiger partial charge in [-0.25, -0.2) is 0 Å². The minimum absolute atomic E-state index is 0.141. The molecule has 1 fully saturated rings. The van der Waals surface area contributed by atoms with E-state index in [1.54, 1.807) is 0 Å². The summed E-state index contributed by atoms with van der Waals surface area (Å²) in [5, 5.41) is 0.828. The fraction of sp³-hybridized carbons (Fsp3) is 0.333. The van der Waals surface area contributed by atoms with Crippen LogP contribution in [0.5, 0.6) is 0 Å². The van der Waals surface area contributed by atoms with Crippen molar-refractivity contribution in [2.75, 3.05) is 11.5 Å². The van der Waals surface area contributed by atoms with Crippen LogP contribution in [0.2, 0.25) is 5.02 Å². The first kappa shape index (κ1) is 11.5. The van der Waals surface area contributed by atoms with Gasteiger partial charge < -0.3 is 0 Å². The van der Waals surface area contributed by atoms with Crippen LogP contribution in [0.25, 0.3) is 0 Å². The smallest absolute Gasteiger partial charge is 0.0733 e. The highest BCUT2D eigenvalue weighted by atomic mass is 35.5. The standard InChI is InChI=1S/C9H10ClPS3/c10-9-3-1-8(2-4-9)7-14-11-12-5-6-13-11/h1-4H,5-7H2. The molecule has 0 radical (unpaired) electrons. The molecule has 5 heteroatoms. The van der Waals surface area contributed by atoms with E-state index in [2.05, 4.69) is 46.3 Å². The van der Waals surface area contributed by atoms with E-state index in [0.29, 0.717) is 0 Å². The third kappa shape index (κ3) is 3.53. The lowest BCUT2D eigenvalue weighted by Gasteiger charge is -2.06. The van der Waals surface area contributed by atoms with Crippen LogP contribution < -0.4 is 0 Å². The molecule has 0 nitrogen and oxygen atoms in total. The number of benzene rings is 1. The van der Waals surface area contributed by atoms with Crippen LogP contribution >= 0.6 is 51.3 Å². The lowest BCUT2D eigenvalue weighted by atomic mass is 10.2. The van der Waals surface area contributed by atoms with Gasteiger partial charge in [-0.05, 0) is 17.7 Å². The average molecular weight is 281 g/mol. The number of rotatable bonds is 3. The summed E-state index contributed by atoms with van der Waals surface area (Å²) in [4.78, 5) is 0. The van der Waals surface area contributed by atoms with E-state index < -0.39 is 0 Å². The first-order chi connectivity index (χ1) is 6.84. The molecule has 1 aliphatic rings. The van der Waals surface area contributed by atoms with Crippen LogP contribution in [0, 0.1) is 0 Å². The molecule has 0 unspecified atom stereocenters. The Morgan fingerprint density at radius 1 is 1.21 bits per heavy atom. The zero-order valence-corrected chi connectivity index (χ0v) is 11.6. The maximum Gasteiger partial charge on any atom is 0.0733 e. The molecule has 0 spiro atoms. The molecule has 0 bridgehead atoms. The van der Waals surface area contributed by atoms with Gasteiger partial charge in [-0.3, -0.25) is 0 Å². The van der Waals surface area contributed by atoms with Gasteiger partial charge in [0.15, 0.2) is 0 Å². The first-order valence-electron chi connectivity index (χ1n) is 4.28. The zero-order valence-electron chi connectivity index (χ0n) is 7.48. The largest absolute Gasteiger partial charge is 0.111 e. The van der Waals surface area contributed by atoms with E-state index in [1.807, 2.05) is 12.1 Å². The Labute approximate surface area is 103 Å². The SMILES string of the molecule is Clc1ccc(CSP2SCCS2)cc1. The van der Waals surface area contributed by atoms with E-state index in [-0.39, 0.29) is 5.53 Å². The van der Waals surface area contributed by atoms with Gasteiger partial charge in [0.05, 0.1) is 5.53 Å². The highest BCUT2D eigenvalue weighted by molar-refractivity contribution is 9.13. The summed E-state index contributed by atoms with van der Waals surface area (Å²) >= 11 is 12.2. The summed E-state index contributed by atoms with van der Waals surface area (Å²) in [5.41, 5.74) is 1.52. The highest BCUT2D eigenvalue weighted by Gasteiger charge is 2.16. The number of hydrogen-bond donors (Lipinski definition) is 0. The second-order valence-corrected chi connectivity index (χ2v) is 13.2. The lowest BCUT2D eigenvalue weighted by molar-refractivity contribution is 1.43. The Bertz CT molecular complexity index is 285. The summed E-state index contributed by atoms with van der Waals surface area (Å²) in [5.74, 6) is 3.80. The maximum atomic E-state index is 5.83. The molecule has 14 heavy (non-hydrogen) atoms. The third-order valence-electron chi connectivity index (χ3n) is 1.73. The summed E-state index contributed by atoms with van der Waals surface area (Å²) < 4.78 is 0. The fourth-order valence-electron chi connectivity index (χ4n) is 1.04. The van der Waals surface area contributed by atoms with Crippen LogP contribution in [0.15, 0.2) is 24.3 Å². The second-order valence-electron chi connectivity index (χ2n) is 2.79. The first-order valence-corrected chi connectivity index (χ1v) is 10.8. The Hall–Kier alpha value is 0.990. The van der Waals surface area contributed by atoms with Gasteiger partial charge in [-0.1, -0.05) is 23.7 Å². The molecule has 1 aromatic rings. The Balaban J connectivity index is 1.82. The van der Waals surface area contributed by atoms with Gasteiger partial charge in [-0.2, -0.15) is 0 Å². The molecule has 0 atom stereocenters. The van der Waals surface area contributed by atoms with Crippen molar-refractivity contribution in [1.82, 2.24) is 0 Å². The molecule has 0 amide bonds. The molecule has 0 aromatic heterocycles. The molecule has 0 aliphatic carbocycles. The molecular weight excluding hydrogens is 271 g/mol. The lowest BCUT2D eigenvalue weighted by Crippen LogP contribution is -1.76. The molecule has 1 heterocycles. The molecule has 0 saturated carbocycles. The van der Waals surface area contributed by atoms with E-state index in [4.69, 9.17) is 11.6 Å². The average Bonchev–Trinajstić information content (AvgIpc) is 2.70. The van der Waals surface area contributed by atoms with Crippen molar-refractivity contribution in [3.05, 3.63) is 34.9 Å². The van der Waals surface area contributed by atoms with Gasteiger partial charge >= 0.3 is 0 Å². The Morgan fingerprint density at radius 3 is 2.50 bits per heavy atom. The minimum atomic E-state index is 0.141. The van der Waals surface area contributed by atoms with Crippen molar-refractivity contribution in [1.29, 1.82) is 0 Å². The maximum absolute atomic E-state index is 5.83. The van der Waals surface area contributed by atoms with Crippen molar-refractivity contribution >= 4 is 51.3 Å². The second kappa shape index (κ2) is 5.91. The van der Waals surface area contributed by atoms with Crippen molar-refractivity contribution in [2.45, 2.75) is 5.75 Å². The van der Waals surface area contributed by atoms with E-state index in [9.17, 15) is 0 Å². The zero-order chi connectivity index (χ0) is 9.80. The van der Waals surface area contributed by atoms with Crippen molar-refractivity contribution < 1.29 is 0 Å². The summed E-state index contributed by atoms with van der Waals surface area (Å²) in [6, 6.07) is 8.19. The van der Waals surface area contributed by atoms with Gasteiger partial charge in [-0.15, -0.1) is 34.1 Å². The Morgan fingerprint density at radius 2 is 1.86 bits per heavy atom. The Kier molecular flexibility index (Phi) is 4.84. The predicted octanol–water partition coefficient (Wildman–Crippen LogP) is 5.28. The van der Waals surface area contributed by atoms with Gasteiger partial charge in [0.25, 0.3) is 0 Å². The molecule has 0 N–H and O–H groups in total. The molecular formula is C9H10ClPS3. The summed E-state index contributed by atoms with van der Waals surface area (Å²) in [7, 11) is 0. The van der Waals surface area contributed by atoms with Crippen LogP contribution in [-0.2, 0) is 5.75 Å². The third-order valence-corrected chi connectivity index (χ3v) is 13.2. The fourth-order valence-corrected chi connectivity index (χ4v) is 12.0. The van der Waals surface area contributed by atoms with Crippen molar-refractivity contribution in [3.63, 3.8) is 0 Å². The van der Waals surface area contributed by atoms with E-state index in [0.717, 1.165) is 10.8 Å². The van der Waals surface area contributed by atoms with Crippen molar-refractivity contribution in [3.8, 4) is 0 Å². The van der Waals surface area contributed by atoms with E-state index >= 15 is 0 Å². The van der Waals surface area contributed by atoms with Crippen LogP contribution in [-0.4, -0.2) is 11.5 Å². The van der Waals surface area contributed by atoms with Gasteiger partial charge in [0.2, 0.25) is 0 Å². The molecule has 2 rings (SSSR count). The molecule has 1 saturated heterocycles. The molecule has 1 aromatic carbocycles. The van der Waals surface area contributed by atoms with Crippen molar-refractivity contribution in [2.24, 2.45) is 0 Å². The summed E-state index contributed by atoms with van der Waals surface area (Å²) in [6.45, 7) is 0. The summed E-state index contributed by atoms with van der Waals surface area (Å²) in [6.07, 6.45) is 0. The number of hydrogen-bond acceptors (Lipinski definition) is 3. The monoisotopic (exact) mass is 280 g/mol. The highest BCUT2D eigenvalue weighted by Crippen LogP contribution is 2.74.